The average molecular weight is 402 g/mol. The van der Waals surface area contributed by atoms with E-state index in [1.807, 2.05) is 0 Å². The van der Waals surface area contributed by atoms with Gasteiger partial charge < -0.3 is 10.6 Å². The topological polar surface area (TPSA) is 83.7 Å². The van der Waals surface area contributed by atoms with Crippen LogP contribution in [-0.2, 0) is 10.0 Å². The van der Waals surface area contributed by atoms with E-state index < -0.39 is 10.0 Å². The number of nitrogens with zero attached hydrogens (tertiary/aromatic N) is 2. The molecule has 1 atom stereocenters. The summed E-state index contributed by atoms with van der Waals surface area (Å²) in [6.07, 6.45) is 2.72. The number of likely N-dealkylation sites (tertiary alicyclic amines) is 1. The average Bonchev–Trinajstić information content (AvgIpc) is 3.11. The summed E-state index contributed by atoms with van der Waals surface area (Å²) >= 11 is 0. The molecule has 0 aliphatic carbocycles. The van der Waals surface area contributed by atoms with Crippen molar-refractivity contribution in [3.05, 3.63) is 29.8 Å². The fourth-order valence-electron chi connectivity index (χ4n) is 3.54. The summed E-state index contributed by atoms with van der Waals surface area (Å²) in [4.78, 5) is 14.6. The predicted molar refractivity (Wildman–Crippen MR) is 104 cm³/mol. The Bertz CT molecular complexity index is 716. The monoisotopic (exact) mass is 401 g/mol. The van der Waals surface area contributed by atoms with E-state index in [1.165, 1.54) is 0 Å². The number of piperidine rings is 1. The third kappa shape index (κ3) is 4.39. The molecular weight excluding hydrogens is 374 g/mol. The first-order chi connectivity index (χ1) is 11.9. The lowest BCUT2D eigenvalue weighted by Crippen LogP contribution is -2.37. The number of rotatable bonds is 4. The van der Waals surface area contributed by atoms with Crippen molar-refractivity contribution in [3.63, 3.8) is 0 Å². The Morgan fingerprint density at radius 3 is 2.27 bits per heavy atom. The van der Waals surface area contributed by atoms with Crippen molar-refractivity contribution in [3.8, 4) is 0 Å². The maximum absolute atomic E-state index is 12.7. The molecule has 1 unspecified atom stereocenters. The molecule has 26 heavy (non-hydrogen) atoms. The zero-order chi connectivity index (χ0) is 18.0. The molecule has 0 bridgehead atoms. The molecule has 1 aromatic carbocycles. The molecule has 2 aliphatic heterocycles. The minimum absolute atomic E-state index is 0. The van der Waals surface area contributed by atoms with Crippen LogP contribution in [0.2, 0.25) is 0 Å². The van der Waals surface area contributed by atoms with E-state index in [4.69, 9.17) is 5.73 Å². The number of hydrogen-bond donors (Lipinski definition) is 1. The van der Waals surface area contributed by atoms with Crippen LogP contribution in [0.4, 0.5) is 0 Å². The summed E-state index contributed by atoms with van der Waals surface area (Å²) in [5.74, 6) is 0.890. The molecule has 146 valence electrons. The van der Waals surface area contributed by atoms with Crippen LogP contribution in [0.5, 0.6) is 0 Å². The van der Waals surface area contributed by atoms with E-state index in [1.54, 1.807) is 33.5 Å². The highest BCUT2D eigenvalue weighted by molar-refractivity contribution is 7.89. The zero-order valence-corrected chi connectivity index (χ0v) is 16.8. The van der Waals surface area contributed by atoms with Gasteiger partial charge in [0.2, 0.25) is 10.0 Å². The van der Waals surface area contributed by atoms with Crippen molar-refractivity contribution in [2.75, 3.05) is 32.7 Å². The Hall–Kier alpha value is -1.15. The van der Waals surface area contributed by atoms with Crippen LogP contribution in [-0.4, -0.2) is 56.3 Å². The molecule has 1 amide bonds. The predicted octanol–water partition coefficient (Wildman–Crippen LogP) is 1.95. The number of nitrogens with two attached hydrogens (primary N) is 1. The van der Waals surface area contributed by atoms with Gasteiger partial charge in [-0.05, 0) is 61.9 Å². The van der Waals surface area contributed by atoms with E-state index in [-0.39, 0.29) is 23.2 Å². The summed E-state index contributed by atoms with van der Waals surface area (Å²) in [6, 6.07) is 6.35. The fourth-order valence-corrected chi connectivity index (χ4v) is 5.01. The lowest BCUT2D eigenvalue weighted by Gasteiger charge is -2.29. The summed E-state index contributed by atoms with van der Waals surface area (Å²) in [6.45, 7) is 5.28. The molecule has 0 aromatic heterocycles. The molecule has 0 saturated carbocycles. The summed E-state index contributed by atoms with van der Waals surface area (Å²) in [5, 5.41) is 0. The Labute approximate surface area is 162 Å². The molecule has 2 aliphatic rings. The van der Waals surface area contributed by atoms with E-state index in [0.717, 1.165) is 19.3 Å². The molecule has 2 saturated heterocycles. The van der Waals surface area contributed by atoms with Crippen molar-refractivity contribution in [1.29, 1.82) is 0 Å². The lowest BCUT2D eigenvalue weighted by atomic mass is 10.0. The molecule has 2 fully saturated rings. The number of hydrogen-bond acceptors (Lipinski definition) is 4. The number of sulfonamides is 1. The van der Waals surface area contributed by atoms with Gasteiger partial charge in [-0.25, -0.2) is 8.42 Å². The summed E-state index contributed by atoms with van der Waals surface area (Å²) < 4.78 is 27.0. The van der Waals surface area contributed by atoms with Gasteiger partial charge in [-0.1, -0.05) is 6.92 Å². The molecular formula is C18H28ClN3O3S. The van der Waals surface area contributed by atoms with Crippen LogP contribution >= 0.6 is 12.4 Å². The number of carbonyl (C=O) groups is 1. The van der Waals surface area contributed by atoms with Crippen molar-refractivity contribution >= 4 is 28.3 Å². The van der Waals surface area contributed by atoms with Crippen LogP contribution in [0.3, 0.4) is 0 Å². The van der Waals surface area contributed by atoms with Gasteiger partial charge in [0.05, 0.1) is 4.90 Å². The van der Waals surface area contributed by atoms with Gasteiger partial charge in [-0.2, -0.15) is 4.31 Å². The standard InChI is InChI=1S/C18H27N3O3S.ClH/c1-14-6-10-21(11-7-14)25(23,24)17-4-2-16(3-5-17)18(22)20-9-8-15(12-19)13-20;/h2-5,14-15H,6-13,19H2,1H3;1H. The van der Waals surface area contributed by atoms with Crippen LogP contribution in [0.25, 0.3) is 0 Å². The summed E-state index contributed by atoms with van der Waals surface area (Å²) in [5.41, 5.74) is 6.20. The first-order valence-electron chi connectivity index (χ1n) is 9.01. The summed E-state index contributed by atoms with van der Waals surface area (Å²) in [7, 11) is -3.47. The van der Waals surface area contributed by atoms with Crippen LogP contribution in [0.1, 0.15) is 36.5 Å². The van der Waals surface area contributed by atoms with Crippen LogP contribution < -0.4 is 5.73 Å². The highest BCUT2D eigenvalue weighted by atomic mass is 35.5. The van der Waals surface area contributed by atoms with Crippen molar-refractivity contribution in [1.82, 2.24) is 9.21 Å². The minimum atomic E-state index is -3.47. The van der Waals surface area contributed by atoms with Gasteiger partial charge in [0.15, 0.2) is 0 Å². The Morgan fingerprint density at radius 2 is 1.73 bits per heavy atom. The SMILES string of the molecule is CC1CCN(S(=O)(=O)c2ccc(C(=O)N3CCC(CN)C3)cc2)CC1.Cl. The quantitative estimate of drug-likeness (QED) is 0.835. The number of carbonyl (C=O) groups excluding carboxylic acids is 1. The van der Waals surface area contributed by atoms with Gasteiger partial charge in [0.25, 0.3) is 5.91 Å². The third-order valence-electron chi connectivity index (χ3n) is 5.39. The first-order valence-corrected chi connectivity index (χ1v) is 10.5. The van der Waals surface area contributed by atoms with Crippen molar-refractivity contribution in [2.45, 2.75) is 31.1 Å². The minimum Gasteiger partial charge on any atom is -0.338 e. The van der Waals surface area contributed by atoms with Gasteiger partial charge in [0.1, 0.15) is 0 Å². The van der Waals surface area contributed by atoms with Crippen molar-refractivity contribution < 1.29 is 13.2 Å². The Balaban J connectivity index is 0.00000243. The molecule has 0 radical (unpaired) electrons. The van der Waals surface area contributed by atoms with E-state index >= 15 is 0 Å². The third-order valence-corrected chi connectivity index (χ3v) is 7.30. The van der Waals surface area contributed by atoms with Gasteiger partial charge in [-0.3, -0.25) is 4.79 Å². The largest absolute Gasteiger partial charge is 0.338 e. The van der Waals surface area contributed by atoms with E-state index in [2.05, 4.69) is 6.92 Å². The second-order valence-electron chi connectivity index (χ2n) is 7.25. The number of benzene rings is 1. The molecule has 3 rings (SSSR count). The van der Waals surface area contributed by atoms with E-state index in [0.29, 0.717) is 50.1 Å². The van der Waals surface area contributed by atoms with Crippen LogP contribution in [0.15, 0.2) is 29.2 Å². The van der Waals surface area contributed by atoms with E-state index in [9.17, 15) is 13.2 Å². The fraction of sp³-hybridized carbons (Fsp3) is 0.611. The lowest BCUT2D eigenvalue weighted by molar-refractivity contribution is 0.0787. The van der Waals surface area contributed by atoms with Gasteiger partial charge in [0, 0.05) is 31.7 Å². The first kappa shape index (κ1) is 21.2. The smallest absolute Gasteiger partial charge is 0.253 e. The maximum Gasteiger partial charge on any atom is 0.253 e. The molecule has 8 heteroatoms. The Kier molecular flexibility index (Phi) is 7.07. The second-order valence-corrected chi connectivity index (χ2v) is 9.19. The Morgan fingerprint density at radius 1 is 1.12 bits per heavy atom. The molecule has 2 heterocycles. The number of halogens is 1. The molecule has 2 N–H and O–H groups in total. The normalized spacial score (nSPS) is 22.2. The number of amides is 1. The maximum atomic E-state index is 12.7. The molecule has 0 spiro atoms. The zero-order valence-electron chi connectivity index (χ0n) is 15.1. The highest BCUT2D eigenvalue weighted by Crippen LogP contribution is 2.24. The van der Waals surface area contributed by atoms with Gasteiger partial charge in [-0.15, -0.1) is 12.4 Å². The van der Waals surface area contributed by atoms with Crippen LogP contribution in [0, 0.1) is 11.8 Å². The molecule has 1 aromatic rings. The second kappa shape index (κ2) is 8.69. The van der Waals surface area contributed by atoms with Crippen molar-refractivity contribution in [2.24, 2.45) is 17.6 Å². The van der Waals surface area contributed by atoms with Gasteiger partial charge >= 0.3 is 0 Å². The molecule has 6 nitrogen and oxygen atoms in total. The highest BCUT2D eigenvalue weighted by Gasteiger charge is 2.29.